The van der Waals surface area contributed by atoms with Crippen molar-refractivity contribution < 1.29 is 52.4 Å². The van der Waals surface area contributed by atoms with Gasteiger partial charge in [-0.05, 0) is 0 Å². The summed E-state index contributed by atoms with van der Waals surface area (Å²) < 4.78 is 67.9. The first-order valence-corrected chi connectivity index (χ1v) is 2.29. The van der Waals surface area contributed by atoms with Gasteiger partial charge in [0, 0.05) is 16.5 Å². The molecule has 13 heavy (non-hydrogen) atoms. The fourth-order valence-corrected chi connectivity index (χ4v) is 0.267. The number of halogens is 6. The van der Waals surface area contributed by atoms with E-state index in [1.54, 1.807) is 0 Å². The molecule has 0 aliphatic carbocycles. The molecule has 0 aromatic carbocycles. The van der Waals surface area contributed by atoms with Crippen LogP contribution < -0.4 is 0 Å². The number of ketones is 1. The minimum atomic E-state index is -5.93. The van der Waals surface area contributed by atoms with Crippen molar-refractivity contribution in [2.24, 2.45) is 0 Å². The Labute approximate surface area is 77.2 Å². The maximum Gasteiger partial charge on any atom is 0.457 e. The zero-order valence-electron chi connectivity index (χ0n) is 5.40. The molecule has 80 valence electrons. The molecule has 0 bridgehead atoms. The van der Waals surface area contributed by atoms with Crippen LogP contribution in [-0.4, -0.2) is 23.9 Å². The van der Waals surface area contributed by atoms with Crippen LogP contribution in [0.3, 0.4) is 0 Å². The van der Waals surface area contributed by atoms with E-state index in [-0.39, 0.29) is 16.5 Å². The van der Waals surface area contributed by atoms with Crippen molar-refractivity contribution in [1.29, 1.82) is 0 Å². The van der Waals surface area contributed by atoms with Gasteiger partial charge in [-0.3, -0.25) is 9.59 Å². The van der Waals surface area contributed by atoms with Crippen molar-refractivity contribution in [1.82, 2.24) is 0 Å². The molecular weight excluding hydrogens is 253 g/mol. The number of rotatable bonds is 2. The van der Waals surface area contributed by atoms with Gasteiger partial charge in [0.25, 0.3) is 0 Å². The quantitative estimate of drug-likeness (QED) is 0.321. The summed E-state index contributed by atoms with van der Waals surface area (Å²) >= 11 is 0. The van der Waals surface area contributed by atoms with Crippen molar-refractivity contribution in [2.45, 2.75) is 12.1 Å². The third kappa shape index (κ3) is 3.34. The summed E-state index contributed by atoms with van der Waals surface area (Å²) in [4.78, 5) is 18.8. The molecule has 0 amide bonds. The van der Waals surface area contributed by atoms with E-state index in [0.29, 0.717) is 0 Å². The average molecular weight is 253 g/mol. The summed E-state index contributed by atoms with van der Waals surface area (Å²) in [6.07, 6.45) is -5.93. The van der Waals surface area contributed by atoms with Crippen molar-refractivity contribution >= 4 is 11.8 Å². The fourth-order valence-electron chi connectivity index (χ4n) is 0.267. The van der Waals surface area contributed by atoms with Crippen LogP contribution in [0.5, 0.6) is 0 Å². The van der Waals surface area contributed by atoms with Crippen LogP contribution in [-0.2, 0) is 26.1 Å². The molecule has 0 N–H and O–H groups in total. The van der Waals surface area contributed by atoms with E-state index in [0.717, 1.165) is 0 Å². The Morgan fingerprint density at radius 2 is 1.23 bits per heavy atom. The van der Waals surface area contributed by atoms with Gasteiger partial charge in [-0.15, -0.1) is 0 Å². The van der Waals surface area contributed by atoms with Gasteiger partial charge in [-0.2, -0.15) is 26.3 Å². The first kappa shape index (κ1) is 14.9. The van der Waals surface area contributed by atoms with Gasteiger partial charge >= 0.3 is 23.9 Å². The fraction of sp³-hybridized carbons (Fsp3) is 0.500. The van der Waals surface area contributed by atoms with Crippen LogP contribution in [0.4, 0.5) is 26.3 Å². The van der Waals surface area contributed by atoms with E-state index in [1.165, 1.54) is 0 Å². The van der Waals surface area contributed by atoms with Crippen molar-refractivity contribution in [3.8, 4) is 0 Å². The molecule has 0 aromatic rings. The summed E-state index contributed by atoms with van der Waals surface area (Å²) in [5.74, 6) is -9.33. The second kappa shape index (κ2) is 4.08. The van der Waals surface area contributed by atoms with Crippen LogP contribution in [0.1, 0.15) is 0 Å². The van der Waals surface area contributed by atoms with E-state index >= 15 is 0 Å². The van der Waals surface area contributed by atoms with E-state index in [9.17, 15) is 35.9 Å². The van der Waals surface area contributed by atoms with E-state index in [4.69, 9.17) is 0 Å². The Morgan fingerprint density at radius 3 is 1.31 bits per heavy atom. The van der Waals surface area contributed by atoms with Gasteiger partial charge < -0.3 is 0 Å². The smallest absolute Gasteiger partial charge is 0.282 e. The van der Waals surface area contributed by atoms with Gasteiger partial charge in [0.05, 0.1) is 0 Å². The summed E-state index contributed by atoms with van der Waals surface area (Å²) in [5.41, 5.74) is 0. The van der Waals surface area contributed by atoms with Crippen LogP contribution in [0, 0.1) is 0 Å². The number of carbonyl (C=O) groups is 2. The van der Waals surface area contributed by atoms with Crippen LogP contribution >= 0.6 is 0 Å². The monoisotopic (exact) mass is 252 g/mol. The van der Waals surface area contributed by atoms with E-state index in [1.807, 2.05) is 0 Å². The molecule has 0 aliphatic rings. The predicted octanol–water partition coefficient (Wildman–Crippen LogP) is 1.25. The first-order chi connectivity index (χ1) is 5.10. The first-order valence-electron chi connectivity index (χ1n) is 2.29. The summed E-state index contributed by atoms with van der Waals surface area (Å²) in [6.45, 7) is 0. The van der Waals surface area contributed by atoms with Gasteiger partial charge in [-0.1, -0.05) is 0 Å². The molecule has 0 unspecified atom stereocenters. The van der Waals surface area contributed by atoms with Gasteiger partial charge in [0.15, 0.2) is 0 Å². The Balaban J connectivity index is 0. The molecule has 0 aromatic heterocycles. The maximum absolute atomic E-state index is 11.6. The Hall–Kier alpha value is -0.586. The van der Waals surface area contributed by atoms with Crippen molar-refractivity contribution in [3.63, 3.8) is 0 Å². The molecule has 2 nitrogen and oxygen atoms in total. The molecule has 0 saturated carbocycles. The van der Waals surface area contributed by atoms with Crippen LogP contribution in [0.15, 0.2) is 0 Å². The minimum absolute atomic E-state index is 0. The molecule has 0 atom stereocenters. The minimum Gasteiger partial charge on any atom is -0.282 e. The summed E-state index contributed by atoms with van der Waals surface area (Å²) in [6, 6.07) is -3.62. The van der Waals surface area contributed by atoms with Gasteiger partial charge in [0.1, 0.15) is 0 Å². The molecule has 0 aliphatic heterocycles. The second-order valence-corrected chi connectivity index (χ2v) is 1.67. The molecule has 0 fully saturated rings. The molecule has 0 rings (SSSR count). The predicted molar refractivity (Wildman–Crippen MR) is 22.1 cm³/mol. The van der Waals surface area contributed by atoms with Crippen molar-refractivity contribution in [3.05, 3.63) is 0 Å². The normalized spacial score (nSPS) is 11.8. The third-order valence-electron chi connectivity index (χ3n) is 0.789. The SMILES string of the molecule is O=C(F)C(F)(F)C(=O)C(F)(F)F.[Ni]. The van der Waals surface area contributed by atoms with Crippen LogP contribution in [0.25, 0.3) is 0 Å². The van der Waals surface area contributed by atoms with Gasteiger partial charge in [0.2, 0.25) is 0 Å². The molecule has 0 spiro atoms. The van der Waals surface area contributed by atoms with E-state index < -0.39 is 23.9 Å². The largest absolute Gasteiger partial charge is 0.457 e. The number of Topliss-reactive ketones (excluding diaryl/α,β-unsaturated/α-hetero) is 1. The average Bonchev–Trinajstić information content (AvgIpc) is 1.83. The molecule has 9 heteroatoms. The molecule has 0 saturated heterocycles. The molecule has 0 radical (unpaired) electrons. The van der Waals surface area contributed by atoms with Gasteiger partial charge in [-0.25, -0.2) is 0 Å². The summed E-state index contributed by atoms with van der Waals surface area (Å²) in [5, 5.41) is 0. The number of carbonyl (C=O) groups excluding carboxylic acids is 2. The third-order valence-corrected chi connectivity index (χ3v) is 0.789. The van der Waals surface area contributed by atoms with Crippen LogP contribution in [0.2, 0.25) is 0 Å². The number of hydrogen-bond donors (Lipinski definition) is 0. The molecule has 0 heterocycles. The van der Waals surface area contributed by atoms with Crippen molar-refractivity contribution in [2.75, 3.05) is 0 Å². The number of hydrogen-bond acceptors (Lipinski definition) is 2. The Morgan fingerprint density at radius 1 is 0.923 bits per heavy atom. The second-order valence-electron chi connectivity index (χ2n) is 1.67. The maximum atomic E-state index is 11.6. The topological polar surface area (TPSA) is 34.1 Å². The van der Waals surface area contributed by atoms with E-state index in [2.05, 4.69) is 0 Å². The Kier molecular flexibility index (Phi) is 4.68. The number of alkyl halides is 5. The standard InChI is InChI=1S/C4F6O2.Ni/c5-2(12)3(6,7)1(11)4(8,9)10;. The molecular formula is C4F6NiO2. The summed E-state index contributed by atoms with van der Waals surface area (Å²) in [7, 11) is 0. The zero-order valence-corrected chi connectivity index (χ0v) is 6.39. The zero-order chi connectivity index (χ0) is 10.2. The Bertz CT molecular complexity index is 221.